The van der Waals surface area contributed by atoms with Gasteiger partial charge in [0.1, 0.15) is 0 Å². The second-order valence-electron chi connectivity index (χ2n) is 9.08. The van der Waals surface area contributed by atoms with Crippen LogP contribution in [0, 0.1) is 5.41 Å². The Morgan fingerprint density at radius 2 is 1.66 bits per heavy atom. The topological polar surface area (TPSA) is 36.3 Å². The van der Waals surface area contributed by atoms with Crippen molar-refractivity contribution in [1.29, 1.82) is 5.41 Å². The zero-order chi connectivity index (χ0) is 25.2. The Kier molecular flexibility index (Phi) is 10.2. The van der Waals surface area contributed by atoms with Gasteiger partial charge in [0.15, 0.2) is 0 Å². The van der Waals surface area contributed by atoms with Crippen molar-refractivity contribution >= 4 is 32.9 Å². The van der Waals surface area contributed by atoms with Crippen LogP contribution >= 0.6 is 15.9 Å². The van der Waals surface area contributed by atoms with Crippen molar-refractivity contribution in [1.82, 2.24) is 4.90 Å². The minimum absolute atomic E-state index is 0.123. The van der Waals surface area contributed by atoms with Gasteiger partial charge in [-0.3, -0.25) is 0 Å². The molecule has 3 nitrogen and oxygen atoms in total. The number of hydrogen-bond acceptors (Lipinski definition) is 3. The minimum Gasteiger partial charge on any atom is -0.380 e. The van der Waals surface area contributed by atoms with Crippen molar-refractivity contribution in [2.45, 2.75) is 18.8 Å². The Balaban J connectivity index is 2.25. The number of nitrogens with zero attached hydrogens (tertiary/aromatic N) is 1. The van der Waals surface area contributed by atoms with Crippen LogP contribution in [0.5, 0.6) is 0 Å². The van der Waals surface area contributed by atoms with Crippen LogP contribution < -0.4 is 0 Å². The van der Waals surface area contributed by atoms with E-state index in [4.69, 9.17) is 10.1 Å². The Hall–Kier alpha value is -2.79. The van der Waals surface area contributed by atoms with Gasteiger partial charge in [-0.2, -0.15) is 0 Å². The molecule has 0 saturated carbocycles. The summed E-state index contributed by atoms with van der Waals surface area (Å²) in [5, 5.41) is 9.90. The van der Waals surface area contributed by atoms with E-state index in [2.05, 4.69) is 121 Å². The summed E-state index contributed by atoms with van der Waals surface area (Å²) in [7, 11) is 6.05. The van der Waals surface area contributed by atoms with E-state index in [0.717, 1.165) is 16.6 Å². The van der Waals surface area contributed by atoms with Crippen molar-refractivity contribution in [2.24, 2.45) is 0 Å². The maximum Gasteiger partial charge on any atom is 0.0682 e. The molecule has 0 aliphatic heterocycles. The van der Waals surface area contributed by atoms with E-state index in [9.17, 15) is 0 Å². The Morgan fingerprint density at radius 1 is 0.971 bits per heavy atom. The molecular weight excluding hydrogens is 496 g/mol. The van der Waals surface area contributed by atoms with E-state index in [-0.39, 0.29) is 11.8 Å². The molecule has 3 aromatic carbocycles. The molecule has 3 aromatic rings. The molecule has 2 atom stereocenters. The molecule has 0 radical (unpaired) electrons. The van der Waals surface area contributed by atoms with Crippen LogP contribution in [-0.4, -0.2) is 45.5 Å². The second kappa shape index (κ2) is 13.3. The van der Waals surface area contributed by atoms with Gasteiger partial charge >= 0.3 is 0 Å². The summed E-state index contributed by atoms with van der Waals surface area (Å²) in [6, 6.07) is 26.1. The van der Waals surface area contributed by atoms with Gasteiger partial charge in [0, 0.05) is 36.2 Å². The first-order valence-electron chi connectivity index (χ1n) is 11.9. The lowest BCUT2D eigenvalue weighted by Gasteiger charge is -2.33. The Morgan fingerprint density at radius 3 is 2.34 bits per heavy atom. The Bertz CT molecular complexity index is 1210. The number of fused-ring (bicyclic) bond motifs is 1. The molecule has 0 saturated heterocycles. The third kappa shape index (κ3) is 7.35. The molecule has 1 unspecified atom stereocenters. The lowest BCUT2D eigenvalue weighted by molar-refractivity contribution is 0.216. The van der Waals surface area contributed by atoms with Gasteiger partial charge in [-0.25, -0.2) is 0 Å². The molecule has 3 rings (SSSR count). The smallest absolute Gasteiger partial charge is 0.0682 e. The van der Waals surface area contributed by atoms with Crippen LogP contribution in [0.1, 0.15) is 29.9 Å². The van der Waals surface area contributed by atoms with Crippen LogP contribution in [0.4, 0.5) is 0 Å². The average Bonchev–Trinajstić information content (AvgIpc) is 2.84. The third-order valence-corrected chi connectivity index (χ3v) is 6.57. The zero-order valence-corrected chi connectivity index (χ0v) is 22.6. The molecule has 0 aliphatic carbocycles. The minimum atomic E-state index is 0.123. The number of allylic oxidation sites excluding steroid dienone is 5. The van der Waals surface area contributed by atoms with Crippen molar-refractivity contribution in [3.63, 3.8) is 0 Å². The van der Waals surface area contributed by atoms with E-state index in [0.29, 0.717) is 6.61 Å². The first-order valence-corrected chi connectivity index (χ1v) is 12.6. The predicted octanol–water partition coefficient (Wildman–Crippen LogP) is 7.72. The van der Waals surface area contributed by atoms with E-state index in [1.807, 2.05) is 6.08 Å². The van der Waals surface area contributed by atoms with Crippen LogP contribution in [0.25, 0.3) is 10.8 Å². The highest BCUT2D eigenvalue weighted by molar-refractivity contribution is 9.11. The van der Waals surface area contributed by atoms with Crippen molar-refractivity contribution in [3.05, 3.63) is 118 Å². The average molecular weight is 532 g/mol. The molecule has 0 fully saturated rings. The normalized spacial score (nSPS) is 14.9. The van der Waals surface area contributed by atoms with Crippen molar-refractivity contribution < 1.29 is 4.74 Å². The van der Waals surface area contributed by atoms with Crippen LogP contribution in [-0.2, 0) is 4.74 Å². The number of halogens is 1. The lowest BCUT2D eigenvalue weighted by atomic mass is 9.75. The summed E-state index contributed by atoms with van der Waals surface area (Å²) in [6.45, 7) is 3.52. The summed E-state index contributed by atoms with van der Waals surface area (Å²) < 4.78 is 6.64. The fraction of sp³-hybridized carbons (Fsp3) is 0.258. The van der Waals surface area contributed by atoms with Crippen molar-refractivity contribution in [3.8, 4) is 0 Å². The molecule has 0 aromatic heterocycles. The molecule has 1 N–H and O–H groups in total. The monoisotopic (exact) mass is 530 g/mol. The fourth-order valence-corrected chi connectivity index (χ4v) is 5.28. The van der Waals surface area contributed by atoms with Gasteiger partial charge < -0.3 is 15.0 Å². The number of ether oxygens (including phenoxy) is 1. The van der Waals surface area contributed by atoms with Crippen LogP contribution in [0.2, 0.25) is 0 Å². The summed E-state index contributed by atoms with van der Waals surface area (Å²) >= 11 is 3.54. The van der Waals surface area contributed by atoms with Crippen LogP contribution in [0.15, 0.2) is 107 Å². The van der Waals surface area contributed by atoms with Gasteiger partial charge in [-0.1, -0.05) is 94.8 Å². The molecule has 0 spiro atoms. The SMILES string of the molecule is COC\C(=C/C(C)=C/C(Br)=C\C=N)[C@@H](c1ccccc1)C(CN(C)C)c1cccc2ccccc12. The van der Waals surface area contributed by atoms with E-state index < -0.39 is 0 Å². The molecule has 0 aliphatic rings. The van der Waals surface area contributed by atoms with Gasteiger partial charge in [-0.15, -0.1) is 0 Å². The maximum atomic E-state index is 7.35. The molecule has 0 heterocycles. The Labute approximate surface area is 218 Å². The highest BCUT2D eigenvalue weighted by atomic mass is 79.9. The number of rotatable bonds is 11. The quantitative estimate of drug-likeness (QED) is 0.203. The molecule has 182 valence electrons. The lowest BCUT2D eigenvalue weighted by Crippen LogP contribution is -2.27. The maximum absolute atomic E-state index is 7.35. The van der Waals surface area contributed by atoms with Gasteiger partial charge in [0.25, 0.3) is 0 Å². The predicted molar refractivity (Wildman–Crippen MR) is 154 cm³/mol. The first-order chi connectivity index (χ1) is 16.9. The van der Waals surface area contributed by atoms with Gasteiger partial charge in [0.05, 0.1) is 6.61 Å². The van der Waals surface area contributed by atoms with E-state index in [1.54, 1.807) is 13.2 Å². The summed E-state index contributed by atoms with van der Waals surface area (Å²) in [4.78, 5) is 2.28. The third-order valence-electron chi connectivity index (χ3n) is 6.08. The number of methoxy groups -OCH3 is 1. The number of nitrogens with one attached hydrogen (secondary N) is 1. The highest BCUT2D eigenvalue weighted by Crippen LogP contribution is 2.42. The molecule has 0 bridgehead atoms. The summed E-state index contributed by atoms with van der Waals surface area (Å²) in [6.07, 6.45) is 7.30. The molecule has 0 amide bonds. The number of likely N-dealkylation sites (N-methyl/N-ethyl adjacent to an activating group) is 1. The fourth-order valence-electron chi connectivity index (χ4n) is 4.78. The van der Waals surface area contributed by atoms with E-state index in [1.165, 1.54) is 33.7 Å². The standard InChI is InChI=1S/C31H35BrN2O/c1-23(20-27(32)17-18-33)19-26(22-35-4)31(25-12-6-5-7-13-25)30(21-34(2)3)29-16-10-14-24-11-8-9-15-28(24)29/h5-20,30-31,33H,21-22H2,1-4H3/b23-20+,26-19+,27-17+,33-18?/t30?,31-/m1/s1. The summed E-state index contributed by atoms with van der Waals surface area (Å²) in [5.74, 6) is 0.339. The van der Waals surface area contributed by atoms with Crippen LogP contribution in [0.3, 0.4) is 0 Å². The highest BCUT2D eigenvalue weighted by Gasteiger charge is 2.30. The number of benzene rings is 3. The second-order valence-corrected chi connectivity index (χ2v) is 10.00. The first kappa shape index (κ1) is 26.8. The van der Waals surface area contributed by atoms with Gasteiger partial charge in [0.2, 0.25) is 0 Å². The summed E-state index contributed by atoms with van der Waals surface area (Å²) in [5.41, 5.74) is 4.95. The van der Waals surface area contributed by atoms with Crippen molar-refractivity contribution in [2.75, 3.05) is 34.4 Å². The number of hydrogen-bond donors (Lipinski definition) is 1. The molecule has 4 heteroatoms. The zero-order valence-electron chi connectivity index (χ0n) is 21.0. The van der Waals surface area contributed by atoms with Gasteiger partial charge in [-0.05, 0) is 66.2 Å². The molecular formula is C31H35BrN2O. The largest absolute Gasteiger partial charge is 0.380 e. The molecule has 35 heavy (non-hydrogen) atoms. The van der Waals surface area contributed by atoms with E-state index >= 15 is 0 Å².